The summed E-state index contributed by atoms with van der Waals surface area (Å²) in [5.41, 5.74) is 9.12. The second kappa shape index (κ2) is 11.9. The van der Waals surface area contributed by atoms with Crippen molar-refractivity contribution in [1.82, 2.24) is 15.0 Å². The Kier molecular flexibility index (Phi) is 6.78. The molecule has 8 aromatic carbocycles. The summed E-state index contributed by atoms with van der Waals surface area (Å²) in [7, 11) is 0. The lowest BCUT2D eigenvalue weighted by Gasteiger charge is -2.12. The molecule has 0 spiro atoms. The molecule has 0 saturated heterocycles. The van der Waals surface area contributed by atoms with E-state index in [1.807, 2.05) is 72.8 Å². The van der Waals surface area contributed by atoms with Crippen LogP contribution in [0.3, 0.4) is 0 Å². The van der Waals surface area contributed by atoms with E-state index in [1.165, 1.54) is 21.9 Å². The highest BCUT2D eigenvalue weighted by Gasteiger charge is 2.19. The maximum atomic E-state index is 6.53. The molecular weight excluding hydrogens is 623 g/mol. The maximum absolute atomic E-state index is 6.53. The number of para-hydroxylation sites is 1. The van der Waals surface area contributed by atoms with Crippen LogP contribution < -0.4 is 0 Å². The summed E-state index contributed by atoms with van der Waals surface area (Å²) in [6.45, 7) is 0. The Balaban J connectivity index is 1.17. The van der Waals surface area contributed by atoms with E-state index in [1.54, 1.807) is 0 Å². The first-order chi connectivity index (χ1) is 25.2. The van der Waals surface area contributed by atoms with Crippen LogP contribution in [-0.4, -0.2) is 15.0 Å². The summed E-state index contributed by atoms with van der Waals surface area (Å²) in [5.74, 6) is 1.87. The van der Waals surface area contributed by atoms with Gasteiger partial charge < -0.3 is 4.42 Å². The zero-order chi connectivity index (χ0) is 33.7. The highest BCUT2D eigenvalue weighted by molar-refractivity contribution is 6.19. The Hall–Kier alpha value is -6.91. The number of hydrogen-bond acceptors (Lipinski definition) is 4. The van der Waals surface area contributed by atoms with Crippen LogP contribution in [0, 0.1) is 0 Å². The standard InChI is InChI=1S/C47H29N3O/c1-3-12-33(13-4-1)45-48-46(34-14-5-2-6-15-34)50-47(49-45)42-29-41-38-17-9-10-18-43(38)51-44(41)39-26-25-37(28-40(39)42)32-21-19-31(20-22-32)36-24-23-30-11-7-8-16-35(30)27-36/h1-29H. The van der Waals surface area contributed by atoms with E-state index < -0.39 is 0 Å². The van der Waals surface area contributed by atoms with E-state index in [9.17, 15) is 0 Å². The summed E-state index contributed by atoms with van der Waals surface area (Å²) < 4.78 is 6.53. The Labute approximate surface area is 294 Å². The van der Waals surface area contributed by atoms with Crippen LogP contribution in [0.2, 0.25) is 0 Å². The van der Waals surface area contributed by atoms with Crippen molar-refractivity contribution in [2.24, 2.45) is 0 Å². The van der Waals surface area contributed by atoms with Crippen molar-refractivity contribution in [3.8, 4) is 56.4 Å². The highest BCUT2D eigenvalue weighted by Crippen LogP contribution is 2.41. The highest BCUT2D eigenvalue weighted by atomic mass is 16.3. The third kappa shape index (κ3) is 5.13. The van der Waals surface area contributed by atoms with Gasteiger partial charge in [-0.2, -0.15) is 0 Å². The van der Waals surface area contributed by atoms with Crippen LogP contribution in [0.1, 0.15) is 0 Å². The van der Waals surface area contributed by atoms with E-state index >= 15 is 0 Å². The number of benzene rings is 8. The van der Waals surface area contributed by atoms with Crippen molar-refractivity contribution in [3.05, 3.63) is 176 Å². The van der Waals surface area contributed by atoms with Crippen LogP contribution in [-0.2, 0) is 0 Å². The average molecular weight is 652 g/mol. The largest absolute Gasteiger partial charge is 0.455 e. The average Bonchev–Trinajstić information content (AvgIpc) is 3.59. The zero-order valence-corrected chi connectivity index (χ0v) is 27.5. The lowest BCUT2D eigenvalue weighted by Crippen LogP contribution is -2.00. The summed E-state index contributed by atoms with van der Waals surface area (Å²) >= 11 is 0. The quantitative estimate of drug-likeness (QED) is 0.186. The SMILES string of the molecule is c1ccc(-c2nc(-c3ccccc3)nc(-c3cc4c5ccccc5oc4c4ccc(-c5ccc(-c6ccc7ccccc7c6)cc5)cc34)n2)cc1. The fourth-order valence-corrected chi connectivity index (χ4v) is 7.11. The molecule has 238 valence electrons. The van der Waals surface area contributed by atoms with Crippen LogP contribution in [0.4, 0.5) is 0 Å². The van der Waals surface area contributed by atoms with E-state index in [0.717, 1.165) is 60.5 Å². The molecule has 0 atom stereocenters. The third-order valence-corrected chi connectivity index (χ3v) is 9.72. The first-order valence-electron chi connectivity index (χ1n) is 17.1. The topological polar surface area (TPSA) is 51.8 Å². The van der Waals surface area contributed by atoms with Crippen molar-refractivity contribution in [2.45, 2.75) is 0 Å². The monoisotopic (exact) mass is 651 g/mol. The molecule has 0 bridgehead atoms. The molecule has 0 aliphatic heterocycles. The molecule has 10 aromatic rings. The minimum Gasteiger partial charge on any atom is -0.455 e. The fraction of sp³-hybridized carbons (Fsp3) is 0. The maximum Gasteiger partial charge on any atom is 0.164 e. The molecule has 0 unspecified atom stereocenters. The van der Waals surface area contributed by atoms with Gasteiger partial charge in [-0.3, -0.25) is 0 Å². The van der Waals surface area contributed by atoms with Gasteiger partial charge in [-0.15, -0.1) is 0 Å². The van der Waals surface area contributed by atoms with Crippen molar-refractivity contribution in [2.75, 3.05) is 0 Å². The lowest BCUT2D eigenvalue weighted by molar-refractivity contribution is 0.672. The molecule has 0 N–H and O–H groups in total. The van der Waals surface area contributed by atoms with Gasteiger partial charge in [-0.05, 0) is 68.7 Å². The van der Waals surface area contributed by atoms with Gasteiger partial charge in [0, 0.05) is 32.8 Å². The Morgan fingerprint density at radius 2 is 0.863 bits per heavy atom. The van der Waals surface area contributed by atoms with Crippen LogP contribution in [0.25, 0.3) is 99.9 Å². The second-order valence-electron chi connectivity index (χ2n) is 12.8. The molecule has 2 heterocycles. The van der Waals surface area contributed by atoms with E-state index in [0.29, 0.717) is 17.5 Å². The molecule has 0 amide bonds. The molecule has 4 nitrogen and oxygen atoms in total. The number of furan rings is 1. The first kappa shape index (κ1) is 29.0. The molecule has 0 saturated carbocycles. The Morgan fingerprint density at radius 3 is 1.57 bits per heavy atom. The molecular formula is C47H29N3O. The predicted molar refractivity (Wildman–Crippen MR) is 209 cm³/mol. The lowest BCUT2D eigenvalue weighted by atomic mass is 9.94. The summed E-state index contributed by atoms with van der Waals surface area (Å²) in [4.78, 5) is 15.2. The van der Waals surface area contributed by atoms with Gasteiger partial charge >= 0.3 is 0 Å². The van der Waals surface area contributed by atoms with Gasteiger partial charge in [0.2, 0.25) is 0 Å². The summed E-state index contributed by atoms with van der Waals surface area (Å²) in [6.07, 6.45) is 0. The molecule has 0 fully saturated rings. The van der Waals surface area contributed by atoms with Crippen molar-refractivity contribution in [3.63, 3.8) is 0 Å². The molecule has 0 aliphatic carbocycles. The summed E-state index contributed by atoms with van der Waals surface area (Å²) in [5, 5.41) is 6.60. The number of fused-ring (bicyclic) bond motifs is 6. The van der Waals surface area contributed by atoms with E-state index in [-0.39, 0.29) is 0 Å². The van der Waals surface area contributed by atoms with Crippen molar-refractivity contribution < 1.29 is 4.42 Å². The third-order valence-electron chi connectivity index (χ3n) is 9.72. The normalized spacial score (nSPS) is 11.5. The molecule has 4 heteroatoms. The minimum absolute atomic E-state index is 0.615. The minimum atomic E-state index is 0.615. The van der Waals surface area contributed by atoms with Crippen LogP contribution in [0.5, 0.6) is 0 Å². The Bertz CT molecular complexity index is 2840. The predicted octanol–water partition coefficient (Wildman–Crippen LogP) is 12.4. The van der Waals surface area contributed by atoms with E-state index in [4.69, 9.17) is 19.4 Å². The molecule has 10 rings (SSSR count). The molecule has 2 aromatic heterocycles. The number of aromatic nitrogens is 3. The molecule has 0 radical (unpaired) electrons. The van der Waals surface area contributed by atoms with Crippen LogP contribution >= 0.6 is 0 Å². The summed E-state index contributed by atoms with van der Waals surface area (Å²) in [6, 6.07) is 61.1. The second-order valence-corrected chi connectivity index (χ2v) is 12.8. The zero-order valence-electron chi connectivity index (χ0n) is 27.5. The number of hydrogen-bond donors (Lipinski definition) is 0. The van der Waals surface area contributed by atoms with Gasteiger partial charge in [0.05, 0.1) is 0 Å². The number of nitrogens with zero attached hydrogens (tertiary/aromatic N) is 3. The first-order valence-corrected chi connectivity index (χ1v) is 17.1. The number of rotatable bonds is 5. The fourth-order valence-electron chi connectivity index (χ4n) is 7.11. The van der Waals surface area contributed by atoms with E-state index in [2.05, 4.69) is 103 Å². The van der Waals surface area contributed by atoms with Gasteiger partial charge in [0.25, 0.3) is 0 Å². The van der Waals surface area contributed by atoms with Gasteiger partial charge in [-0.1, -0.05) is 146 Å². The molecule has 51 heavy (non-hydrogen) atoms. The van der Waals surface area contributed by atoms with Gasteiger partial charge in [0.1, 0.15) is 11.2 Å². The van der Waals surface area contributed by atoms with Crippen LogP contribution in [0.15, 0.2) is 180 Å². The van der Waals surface area contributed by atoms with Crippen molar-refractivity contribution in [1.29, 1.82) is 0 Å². The van der Waals surface area contributed by atoms with Gasteiger partial charge in [-0.25, -0.2) is 15.0 Å². The van der Waals surface area contributed by atoms with Crippen molar-refractivity contribution >= 4 is 43.5 Å². The van der Waals surface area contributed by atoms with Gasteiger partial charge in [0.15, 0.2) is 17.5 Å². The smallest absolute Gasteiger partial charge is 0.164 e. The Morgan fingerprint density at radius 1 is 0.314 bits per heavy atom. The molecule has 0 aliphatic rings.